The molecule has 0 amide bonds. The average Bonchev–Trinajstić information content (AvgIpc) is 0.918. The van der Waals surface area contributed by atoms with E-state index in [1.54, 1.807) is 0 Å². The molecule has 0 aliphatic carbocycles. The van der Waals surface area contributed by atoms with Crippen LogP contribution in [0, 0.1) is 0 Å². The summed E-state index contributed by atoms with van der Waals surface area (Å²) >= 11 is 2.50. The zero-order chi connectivity index (χ0) is 2.71. The minimum absolute atomic E-state index is 0. The van der Waals surface area contributed by atoms with E-state index in [0.717, 1.165) is 0 Å². The molecule has 0 aliphatic rings. The van der Waals surface area contributed by atoms with Crippen molar-refractivity contribution in [2.24, 2.45) is 0 Å². The molecular weight excluding hydrogens is 406 g/mol. The van der Waals surface area contributed by atoms with E-state index < -0.39 is 0 Å². The molecule has 0 aromatic rings. The quantitative estimate of drug-likeness (QED) is 0.484. The van der Waals surface area contributed by atoms with Crippen molar-refractivity contribution < 1.29 is 14.1 Å². The summed E-state index contributed by atoms with van der Waals surface area (Å²) in [6.07, 6.45) is 0. The van der Waals surface area contributed by atoms with Crippen LogP contribution in [0.2, 0.25) is 0 Å². The summed E-state index contributed by atoms with van der Waals surface area (Å²) in [4.78, 5) is 0. The van der Waals surface area contributed by atoms with Crippen LogP contribution in [0.25, 0.3) is 0 Å². The second-order valence-electron chi connectivity index (χ2n) is 0.0680. The molecule has 0 aromatic heterocycles. The molecule has 0 radical (unpaired) electrons. The summed E-state index contributed by atoms with van der Waals surface area (Å²) in [5, 5.41) is 0. The van der Waals surface area contributed by atoms with Gasteiger partial charge in [-0.05, 0) is 0 Å². The van der Waals surface area contributed by atoms with Crippen molar-refractivity contribution in [3.8, 4) is 0 Å². The molecule has 5 heavy (non-hydrogen) atoms. The van der Waals surface area contributed by atoms with Crippen LogP contribution in [0.1, 0.15) is 0 Å². The van der Waals surface area contributed by atoms with E-state index in [1.165, 1.54) is 0 Å². The molecule has 0 spiro atoms. The number of hydrogen-bond acceptors (Lipinski definition) is 1. The molecule has 0 saturated carbocycles. The van der Waals surface area contributed by atoms with Crippen molar-refractivity contribution in [3.05, 3.63) is 0 Å². The predicted molar refractivity (Wildman–Crippen MR) is 32.3 cm³/mol. The molecule has 0 N–H and O–H groups in total. The van der Waals surface area contributed by atoms with Crippen molar-refractivity contribution in [3.63, 3.8) is 0 Å². The Kier molecular flexibility index (Phi) is 50.9. The number of rotatable bonds is 0. The van der Waals surface area contributed by atoms with Gasteiger partial charge in [-0.25, -0.2) is 0 Å². The Balaban J connectivity index is -0.0000000200. The fourth-order valence-electron chi connectivity index (χ4n) is 0. The van der Waals surface area contributed by atoms with E-state index in [-0.39, 0.29) is 44.7 Å². The molecule has 0 heterocycles. The molecule has 34 valence electrons. The van der Waals surface area contributed by atoms with Crippen LogP contribution >= 0.6 is 23.3 Å². The molecular formula is H4S2Se2W. The van der Waals surface area contributed by atoms with Crippen molar-refractivity contribution >= 4 is 53.2 Å². The van der Waals surface area contributed by atoms with Gasteiger partial charge in [0.2, 0.25) is 0 Å². The fraction of sp³-hybridized carbons (Fsp3) is 0. The van der Waals surface area contributed by atoms with Gasteiger partial charge in [0.25, 0.3) is 0 Å². The SMILES string of the molecule is S.[S]=[W]=[Se].[SeH2]. The second kappa shape index (κ2) is 16.3. The van der Waals surface area contributed by atoms with Gasteiger partial charge in [-0.3, -0.25) is 0 Å². The summed E-state index contributed by atoms with van der Waals surface area (Å²) < 4.78 is 0. The third-order valence-corrected chi connectivity index (χ3v) is 0. The zero-order valence-corrected chi connectivity index (χ0v) is 10.8. The van der Waals surface area contributed by atoms with Gasteiger partial charge in [-0.2, -0.15) is 13.5 Å². The summed E-state index contributed by atoms with van der Waals surface area (Å²) in [5.41, 5.74) is 0. The van der Waals surface area contributed by atoms with E-state index in [0.29, 0.717) is 0 Å². The second-order valence-corrected chi connectivity index (χ2v) is 8.68. The third-order valence-electron chi connectivity index (χ3n) is 0. The van der Waals surface area contributed by atoms with Gasteiger partial charge in [0.05, 0.1) is 0 Å². The zero-order valence-electron chi connectivity index (χ0n) is 2.22. The summed E-state index contributed by atoms with van der Waals surface area (Å²) in [5.74, 6) is 0. The van der Waals surface area contributed by atoms with Crippen LogP contribution in [0.5, 0.6) is 0 Å². The van der Waals surface area contributed by atoms with Crippen LogP contribution in [0.4, 0.5) is 0 Å². The molecule has 5 heteroatoms. The van der Waals surface area contributed by atoms with Gasteiger partial charge in [-0.15, -0.1) is 0 Å². The van der Waals surface area contributed by atoms with Gasteiger partial charge in [0.1, 0.15) is 0 Å². The van der Waals surface area contributed by atoms with Crippen LogP contribution in [0.15, 0.2) is 0 Å². The minimum atomic E-state index is -0.292. The summed E-state index contributed by atoms with van der Waals surface area (Å²) in [6.45, 7) is 0. The van der Waals surface area contributed by atoms with Gasteiger partial charge in [-0.1, -0.05) is 0 Å². The Morgan fingerprint density at radius 1 is 1.60 bits per heavy atom. The molecule has 0 saturated heterocycles. The normalized spacial score (nSPS) is 2.40. The maximum absolute atomic E-state index is 4.50. The van der Waals surface area contributed by atoms with Crippen molar-refractivity contribution in [1.29, 1.82) is 0 Å². The van der Waals surface area contributed by atoms with Crippen LogP contribution in [-0.4, -0.2) is 29.9 Å². The Labute approximate surface area is 66.4 Å². The first kappa shape index (κ1) is 15.7. The molecule has 0 fully saturated rings. The van der Waals surface area contributed by atoms with E-state index >= 15 is 0 Å². The molecule has 0 nitrogen and oxygen atoms in total. The van der Waals surface area contributed by atoms with Crippen LogP contribution < -0.4 is 0 Å². The van der Waals surface area contributed by atoms with E-state index in [2.05, 4.69) is 22.6 Å². The molecule has 0 rings (SSSR count). The van der Waals surface area contributed by atoms with Crippen LogP contribution in [-0.2, 0) is 14.1 Å². The van der Waals surface area contributed by atoms with E-state index in [4.69, 9.17) is 0 Å². The van der Waals surface area contributed by atoms with Crippen molar-refractivity contribution in [2.45, 2.75) is 0 Å². The van der Waals surface area contributed by atoms with Gasteiger partial charge >= 0.3 is 53.8 Å². The topological polar surface area (TPSA) is 0 Å². The Bertz CT molecular complexity index is 28.6. The first-order valence-corrected chi connectivity index (χ1v) is 11.2. The monoisotopic (exact) mass is 412 g/mol. The molecule has 0 aromatic carbocycles. The van der Waals surface area contributed by atoms with Gasteiger partial charge in [0.15, 0.2) is 0 Å². The fourth-order valence-corrected chi connectivity index (χ4v) is 0. The Hall–Kier alpha value is 2.30. The predicted octanol–water partition coefficient (Wildman–Crippen LogP) is -0.538. The van der Waals surface area contributed by atoms with E-state index in [9.17, 15) is 0 Å². The standard InChI is InChI=1S/H2S.S.H2Se.Se.W/h1H2;;1H2;;. The maximum atomic E-state index is 4.50. The Morgan fingerprint density at radius 3 is 1.60 bits per heavy atom. The first-order valence-electron chi connectivity index (χ1n) is 0.333. The van der Waals surface area contributed by atoms with Crippen molar-refractivity contribution in [2.75, 3.05) is 0 Å². The molecule has 0 bridgehead atoms. The molecule has 0 unspecified atom stereocenters. The molecule has 0 atom stereocenters. The number of hydrogen-bond donors (Lipinski definition) is 0. The third kappa shape index (κ3) is 22.0. The summed E-state index contributed by atoms with van der Waals surface area (Å²) in [6, 6.07) is 0. The van der Waals surface area contributed by atoms with Crippen molar-refractivity contribution in [1.82, 2.24) is 0 Å². The Morgan fingerprint density at radius 2 is 1.60 bits per heavy atom. The van der Waals surface area contributed by atoms with Gasteiger partial charge in [0, 0.05) is 0 Å². The molecule has 0 aliphatic heterocycles. The summed E-state index contributed by atoms with van der Waals surface area (Å²) in [7, 11) is 4.50. The average molecular weight is 410 g/mol. The van der Waals surface area contributed by atoms with E-state index in [1.807, 2.05) is 0 Å². The van der Waals surface area contributed by atoms with Gasteiger partial charge < -0.3 is 0 Å². The van der Waals surface area contributed by atoms with Crippen LogP contribution in [0.3, 0.4) is 0 Å². The first-order chi connectivity index (χ1) is 1.41.